The normalized spacial score (nSPS) is 14.7. The number of nitrogens with one attached hydrogen (secondary N) is 1. The molecule has 0 spiro atoms. The minimum Gasteiger partial charge on any atom is -0.461 e. The van der Waals surface area contributed by atoms with Crippen LogP contribution in [0.15, 0.2) is 48.8 Å². The number of pyridine rings is 1. The lowest BCUT2D eigenvalue weighted by Crippen LogP contribution is -2.42. The van der Waals surface area contributed by atoms with Crippen molar-refractivity contribution >= 4 is 5.97 Å². The van der Waals surface area contributed by atoms with Crippen molar-refractivity contribution in [1.29, 1.82) is 0 Å². The van der Waals surface area contributed by atoms with Crippen LogP contribution in [0.5, 0.6) is 0 Å². The molecular formula is C21H30N2O3. The zero-order valence-electron chi connectivity index (χ0n) is 15.9. The molecule has 5 nitrogen and oxygen atoms in total. The van der Waals surface area contributed by atoms with Crippen molar-refractivity contribution in [1.82, 2.24) is 10.3 Å². The van der Waals surface area contributed by atoms with Crippen LogP contribution in [0.1, 0.15) is 45.6 Å². The highest BCUT2D eigenvalue weighted by Crippen LogP contribution is 2.18. The number of carbonyl (C=O) groups excluding carboxylic acids is 1. The lowest BCUT2D eigenvalue weighted by molar-refractivity contribution is -0.144. The topological polar surface area (TPSA) is 71.5 Å². The van der Waals surface area contributed by atoms with Gasteiger partial charge in [-0.15, -0.1) is 0 Å². The highest BCUT2D eigenvalue weighted by atomic mass is 16.5. The average Bonchev–Trinajstić information content (AvgIpc) is 2.68. The summed E-state index contributed by atoms with van der Waals surface area (Å²) in [6.45, 7) is 7.29. The first-order chi connectivity index (χ1) is 12.7. The first-order valence-corrected chi connectivity index (χ1v) is 9.25. The van der Waals surface area contributed by atoms with Gasteiger partial charge in [-0.2, -0.15) is 0 Å². The van der Waals surface area contributed by atoms with Crippen LogP contribution in [0.25, 0.3) is 11.1 Å². The third-order valence-electron chi connectivity index (χ3n) is 3.62. The van der Waals surface area contributed by atoms with Crippen molar-refractivity contribution in [2.75, 3.05) is 6.54 Å². The van der Waals surface area contributed by atoms with Gasteiger partial charge in [0.25, 0.3) is 0 Å². The molecule has 0 radical (unpaired) electrons. The molecule has 1 atom stereocenters. The van der Waals surface area contributed by atoms with Crippen molar-refractivity contribution in [3.8, 4) is 11.1 Å². The molecule has 1 aliphatic heterocycles. The number of aromatic nitrogens is 1. The Morgan fingerprint density at radius 1 is 1.15 bits per heavy atom. The van der Waals surface area contributed by atoms with Gasteiger partial charge >= 0.3 is 5.97 Å². The largest absolute Gasteiger partial charge is 0.461 e. The molecule has 2 N–H and O–H groups in total. The van der Waals surface area contributed by atoms with Gasteiger partial charge in [-0.1, -0.05) is 45.0 Å². The molecule has 26 heavy (non-hydrogen) atoms. The van der Waals surface area contributed by atoms with Crippen LogP contribution in [-0.4, -0.2) is 28.8 Å². The van der Waals surface area contributed by atoms with E-state index in [1.54, 1.807) is 12.4 Å². The number of aliphatic hydroxyl groups is 1. The Morgan fingerprint density at radius 3 is 2.15 bits per heavy atom. The molecule has 0 bridgehead atoms. The summed E-state index contributed by atoms with van der Waals surface area (Å²) in [5, 5.41) is 11.1. The van der Waals surface area contributed by atoms with E-state index in [1.807, 2.05) is 57.2 Å². The zero-order chi connectivity index (χ0) is 19.2. The summed E-state index contributed by atoms with van der Waals surface area (Å²) < 4.78 is 5.17. The minimum absolute atomic E-state index is 0.138. The molecular weight excluding hydrogens is 328 g/mol. The molecule has 1 aromatic carbocycles. The van der Waals surface area contributed by atoms with E-state index >= 15 is 0 Å². The van der Waals surface area contributed by atoms with Crippen molar-refractivity contribution in [3.05, 3.63) is 54.4 Å². The van der Waals surface area contributed by atoms with Gasteiger partial charge in [0.1, 0.15) is 12.8 Å². The highest BCUT2D eigenvalue weighted by molar-refractivity contribution is 5.69. The van der Waals surface area contributed by atoms with Gasteiger partial charge in [0, 0.05) is 25.4 Å². The second-order valence-corrected chi connectivity index (χ2v) is 5.60. The average molecular weight is 358 g/mol. The maximum atomic E-state index is 11.3. The van der Waals surface area contributed by atoms with Crippen LogP contribution >= 0.6 is 0 Å². The molecule has 142 valence electrons. The van der Waals surface area contributed by atoms with Gasteiger partial charge in [-0.05, 0) is 41.7 Å². The maximum absolute atomic E-state index is 11.3. The van der Waals surface area contributed by atoms with Gasteiger partial charge in [-0.25, -0.2) is 0 Å². The number of aliphatic hydroxyl groups excluding tert-OH is 1. The van der Waals surface area contributed by atoms with Crippen molar-refractivity contribution in [2.24, 2.45) is 0 Å². The molecule has 2 aromatic rings. The standard InChI is InChI=1S/C16H17NO2.C3H7NO.C2H6/c1-2-3-16(18)19-12-13-4-6-14(7-5-13)15-8-10-17-11-9-15;5-3-1-2-4-3;1-2/h4-11H,2-3,12H2,1H3;3-5H,1-2H2;1-2H3. The predicted molar refractivity (Wildman–Crippen MR) is 104 cm³/mol. The van der Waals surface area contributed by atoms with E-state index < -0.39 is 0 Å². The van der Waals surface area contributed by atoms with Crippen LogP contribution < -0.4 is 5.32 Å². The van der Waals surface area contributed by atoms with E-state index in [4.69, 9.17) is 9.84 Å². The van der Waals surface area contributed by atoms with E-state index in [-0.39, 0.29) is 12.2 Å². The van der Waals surface area contributed by atoms with E-state index in [2.05, 4.69) is 10.3 Å². The number of nitrogens with zero attached hydrogens (tertiary/aromatic N) is 1. The van der Waals surface area contributed by atoms with Gasteiger partial charge < -0.3 is 9.84 Å². The quantitative estimate of drug-likeness (QED) is 0.793. The van der Waals surface area contributed by atoms with Gasteiger partial charge in [0.15, 0.2) is 0 Å². The fraction of sp³-hybridized carbons (Fsp3) is 0.429. The van der Waals surface area contributed by atoms with Gasteiger partial charge in [0.2, 0.25) is 0 Å². The smallest absolute Gasteiger partial charge is 0.306 e. The fourth-order valence-corrected chi connectivity index (χ4v) is 2.05. The maximum Gasteiger partial charge on any atom is 0.306 e. The van der Waals surface area contributed by atoms with E-state index in [0.717, 1.165) is 36.1 Å². The molecule has 1 saturated heterocycles. The summed E-state index contributed by atoms with van der Waals surface area (Å²) >= 11 is 0. The molecule has 0 saturated carbocycles. The third-order valence-corrected chi connectivity index (χ3v) is 3.62. The Balaban J connectivity index is 0.000000408. The molecule has 0 aliphatic carbocycles. The lowest BCUT2D eigenvalue weighted by atomic mass is 10.1. The van der Waals surface area contributed by atoms with E-state index in [1.165, 1.54) is 0 Å². The summed E-state index contributed by atoms with van der Waals surface area (Å²) in [7, 11) is 0. The molecule has 1 unspecified atom stereocenters. The molecule has 5 heteroatoms. The summed E-state index contributed by atoms with van der Waals surface area (Å²) in [5.74, 6) is -0.138. The predicted octanol–water partition coefficient (Wildman–Crippen LogP) is 3.92. The van der Waals surface area contributed by atoms with Gasteiger partial charge in [0.05, 0.1) is 0 Å². The number of hydrogen-bond acceptors (Lipinski definition) is 5. The van der Waals surface area contributed by atoms with Crippen molar-refractivity contribution < 1.29 is 14.6 Å². The summed E-state index contributed by atoms with van der Waals surface area (Å²) in [6.07, 6.45) is 5.59. The third kappa shape index (κ3) is 8.23. The zero-order valence-corrected chi connectivity index (χ0v) is 15.9. The van der Waals surface area contributed by atoms with Crippen LogP contribution in [0.3, 0.4) is 0 Å². The Hall–Kier alpha value is -2.24. The summed E-state index contributed by atoms with van der Waals surface area (Å²) in [6, 6.07) is 12.0. The Kier molecular flexibility index (Phi) is 10.9. The molecule has 3 rings (SSSR count). The Labute approximate surface area is 156 Å². The van der Waals surface area contributed by atoms with Gasteiger partial charge in [-0.3, -0.25) is 15.1 Å². The van der Waals surface area contributed by atoms with Crippen LogP contribution in [0.2, 0.25) is 0 Å². The molecule has 0 amide bonds. The lowest BCUT2D eigenvalue weighted by Gasteiger charge is -2.20. The first-order valence-electron chi connectivity index (χ1n) is 9.25. The number of carbonyl (C=O) groups is 1. The van der Waals surface area contributed by atoms with Crippen molar-refractivity contribution in [2.45, 2.75) is 52.9 Å². The number of rotatable bonds is 5. The molecule has 2 heterocycles. The molecule has 1 aliphatic rings. The van der Waals surface area contributed by atoms with Crippen LogP contribution in [0.4, 0.5) is 0 Å². The summed E-state index contributed by atoms with van der Waals surface area (Å²) in [4.78, 5) is 15.3. The monoisotopic (exact) mass is 358 g/mol. The number of esters is 1. The number of ether oxygens (including phenoxy) is 1. The second-order valence-electron chi connectivity index (χ2n) is 5.60. The number of hydrogen-bond donors (Lipinski definition) is 2. The SMILES string of the molecule is CC.CCCC(=O)OCc1ccc(-c2ccncc2)cc1.OC1CCN1. The summed E-state index contributed by atoms with van der Waals surface area (Å²) in [5.41, 5.74) is 3.26. The van der Waals surface area contributed by atoms with Crippen LogP contribution in [-0.2, 0) is 16.1 Å². The Morgan fingerprint density at radius 2 is 1.69 bits per heavy atom. The highest BCUT2D eigenvalue weighted by Gasteiger charge is 2.09. The first kappa shape index (κ1) is 21.8. The van der Waals surface area contributed by atoms with E-state index in [9.17, 15) is 4.79 Å². The molecule has 1 aromatic heterocycles. The van der Waals surface area contributed by atoms with Crippen molar-refractivity contribution in [3.63, 3.8) is 0 Å². The second kappa shape index (κ2) is 13.0. The molecule has 1 fully saturated rings. The number of benzene rings is 1. The minimum atomic E-state index is -0.185. The Bertz CT molecular complexity index is 611. The van der Waals surface area contributed by atoms with E-state index in [0.29, 0.717) is 13.0 Å². The fourth-order valence-electron chi connectivity index (χ4n) is 2.05. The van der Waals surface area contributed by atoms with Crippen LogP contribution in [0, 0.1) is 0 Å².